The first-order chi connectivity index (χ1) is 38.0. The summed E-state index contributed by atoms with van der Waals surface area (Å²) in [5.74, 6) is -1.97. The van der Waals surface area contributed by atoms with Gasteiger partial charge in [0.05, 0.1) is 146 Å². The Morgan fingerprint density at radius 1 is 0.342 bits per heavy atom. The van der Waals surface area contributed by atoms with Gasteiger partial charge in [-0.15, -0.1) is 52.6 Å². The standard InChI is InChI=1S/C63H88O16/c1-13-31-68-39-61(40-69-32-14-2,41-70-33-15-3)47-76-57(66)53-27-23-52(24-28-53)56(65)60(12,22-10)79-50-63(45-74-37-19-7,46-75-38-20-8)48-77-58(67)54-29-25-51(26-30-54)55(64)59(11,21-9)78-49-62(42-71-34-16-4,43-72-35-17-5)44-73-36-18-6/h13-20,23-30H,1-8,21-22,31-50H2,9-12H3/t59-,60?/m0/s1. The van der Waals surface area contributed by atoms with Crippen LogP contribution < -0.4 is 0 Å². The molecule has 2 aromatic carbocycles. The van der Waals surface area contributed by atoms with Crippen molar-refractivity contribution in [2.24, 2.45) is 16.2 Å². The van der Waals surface area contributed by atoms with Crippen LogP contribution in [0.15, 0.2) is 150 Å². The Morgan fingerprint density at radius 2 is 0.544 bits per heavy atom. The van der Waals surface area contributed by atoms with Crippen molar-refractivity contribution in [3.63, 3.8) is 0 Å². The molecule has 0 heterocycles. The van der Waals surface area contributed by atoms with Gasteiger partial charge in [-0.3, -0.25) is 9.59 Å². The fourth-order valence-electron chi connectivity index (χ4n) is 7.63. The van der Waals surface area contributed by atoms with Crippen LogP contribution in [0.1, 0.15) is 82.0 Å². The van der Waals surface area contributed by atoms with Crippen molar-refractivity contribution in [1.29, 1.82) is 0 Å². The molecular formula is C63H88O16. The maximum absolute atomic E-state index is 14.3. The van der Waals surface area contributed by atoms with Gasteiger partial charge in [-0.05, 0) is 51.0 Å². The lowest BCUT2D eigenvalue weighted by molar-refractivity contribution is -0.126. The van der Waals surface area contributed by atoms with Crippen molar-refractivity contribution in [2.45, 2.75) is 51.7 Å². The molecule has 0 saturated heterocycles. The Bertz CT molecular complexity index is 2130. The Hall–Kier alpha value is -5.76. The third-order valence-corrected chi connectivity index (χ3v) is 12.6. The van der Waals surface area contributed by atoms with E-state index in [1.165, 1.54) is 36.4 Å². The molecule has 16 heteroatoms. The second-order valence-electron chi connectivity index (χ2n) is 19.6. The lowest BCUT2D eigenvalue weighted by Gasteiger charge is -2.37. The van der Waals surface area contributed by atoms with E-state index < -0.39 is 39.4 Å². The average molecular weight is 1100 g/mol. The summed E-state index contributed by atoms with van der Waals surface area (Å²) in [4.78, 5) is 55.9. The van der Waals surface area contributed by atoms with Crippen molar-refractivity contribution < 1.29 is 76.0 Å². The molecule has 0 aliphatic heterocycles. The van der Waals surface area contributed by atoms with Crippen LogP contribution in [-0.2, 0) is 56.8 Å². The molecule has 0 aliphatic carbocycles. The molecule has 0 aromatic heterocycles. The number of rotatable bonds is 50. The van der Waals surface area contributed by atoms with E-state index in [-0.39, 0.29) is 147 Å². The number of hydrogen-bond acceptors (Lipinski definition) is 16. The first-order valence-electron chi connectivity index (χ1n) is 26.4. The van der Waals surface area contributed by atoms with E-state index in [9.17, 15) is 19.2 Å². The lowest BCUT2D eigenvalue weighted by atomic mass is 9.88. The molecule has 1 unspecified atom stereocenters. The summed E-state index contributed by atoms with van der Waals surface area (Å²) in [5.41, 5.74) is -4.47. The maximum atomic E-state index is 14.3. The second kappa shape index (κ2) is 38.0. The maximum Gasteiger partial charge on any atom is 0.338 e. The van der Waals surface area contributed by atoms with E-state index in [1.807, 2.05) is 13.8 Å². The molecular weight excluding hydrogens is 1010 g/mol. The highest BCUT2D eigenvalue weighted by Gasteiger charge is 2.42. The number of ether oxygens (including phenoxy) is 12. The first kappa shape index (κ1) is 69.3. The predicted molar refractivity (Wildman–Crippen MR) is 307 cm³/mol. The molecule has 0 saturated carbocycles. The highest BCUT2D eigenvalue weighted by molar-refractivity contribution is 6.03. The highest BCUT2D eigenvalue weighted by atomic mass is 16.6. The van der Waals surface area contributed by atoms with Gasteiger partial charge in [0.15, 0.2) is 11.6 Å². The average Bonchev–Trinajstić information content (AvgIpc) is 3.46. The van der Waals surface area contributed by atoms with E-state index in [2.05, 4.69) is 52.6 Å². The van der Waals surface area contributed by atoms with Crippen LogP contribution in [0.2, 0.25) is 0 Å². The number of carbonyl (C=O) groups is 4. The van der Waals surface area contributed by atoms with Gasteiger partial charge in [-0.25, -0.2) is 9.59 Å². The second-order valence-corrected chi connectivity index (χ2v) is 19.6. The van der Waals surface area contributed by atoms with E-state index in [1.54, 1.807) is 74.6 Å². The molecule has 2 atom stereocenters. The molecule has 0 aliphatic rings. The number of esters is 2. The van der Waals surface area contributed by atoms with Crippen LogP contribution in [0.4, 0.5) is 0 Å². The third-order valence-electron chi connectivity index (χ3n) is 12.6. The zero-order valence-electron chi connectivity index (χ0n) is 47.5. The summed E-state index contributed by atoms with van der Waals surface area (Å²) in [6.45, 7) is 39.6. The van der Waals surface area contributed by atoms with Crippen molar-refractivity contribution in [2.75, 3.05) is 132 Å². The summed E-state index contributed by atoms with van der Waals surface area (Å²) in [5, 5.41) is 0. The van der Waals surface area contributed by atoms with E-state index in [0.717, 1.165) is 0 Å². The van der Waals surface area contributed by atoms with Crippen LogP contribution in [-0.4, -0.2) is 167 Å². The fourth-order valence-corrected chi connectivity index (χ4v) is 7.63. The minimum atomic E-state index is -1.39. The first-order valence-corrected chi connectivity index (χ1v) is 26.4. The minimum Gasteiger partial charge on any atom is -0.461 e. The number of benzene rings is 2. The van der Waals surface area contributed by atoms with E-state index in [4.69, 9.17) is 56.8 Å². The smallest absolute Gasteiger partial charge is 0.338 e. The van der Waals surface area contributed by atoms with Gasteiger partial charge < -0.3 is 56.8 Å². The monoisotopic (exact) mass is 1100 g/mol. The minimum absolute atomic E-state index is 0.0118. The predicted octanol–water partition coefficient (Wildman–Crippen LogP) is 10.0. The summed E-state index contributed by atoms with van der Waals surface area (Å²) < 4.78 is 71.8. The van der Waals surface area contributed by atoms with Gasteiger partial charge in [-0.1, -0.05) is 86.7 Å². The van der Waals surface area contributed by atoms with Gasteiger partial charge in [0.25, 0.3) is 0 Å². The van der Waals surface area contributed by atoms with E-state index in [0.29, 0.717) is 31.8 Å². The van der Waals surface area contributed by atoms with Gasteiger partial charge in [-0.2, -0.15) is 0 Å². The van der Waals surface area contributed by atoms with Crippen molar-refractivity contribution >= 4 is 23.5 Å². The van der Waals surface area contributed by atoms with Crippen LogP contribution >= 0.6 is 0 Å². The summed E-state index contributed by atoms with van der Waals surface area (Å²) in [6.07, 6.45) is 13.5. The molecule has 0 amide bonds. The van der Waals surface area contributed by atoms with Crippen LogP contribution in [0.5, 0.6) is 0 Å². The molecule has 79 heavy (non-hydrogen) atoms. The molecule has 2 rings (SSSR count). The molecule has 0 bridgehead atoms. The van der Waals surface area contributed by atoms with Gasteiger partial charge in [0.1, 0.15) is 24.4 Å². The van der Waals surface area contributed by atoms with E-state index >= 15 is 0 Å². The summed E-state index contributed by atoms with van der Waals surface area (Å²) in [7, 11) is 0. The van der Waals surface area contributed by atoms with Crippen molar-refractivity contribution in [3.8, 4) is 0 Å². The Morgan fingerprint density at radius 3 is 0.759 bits per heavy atom. The Kier molecular flexibility index (Phi) is 33.3. The van der Waals surface area contributed by atoms with Gasteiger partial charge in [0.2, 0.25) is 0 Å². The SMILES string of the molecule is C=CCOCC(COCC=C)(COCC=C)COC(=O)c1ccc(C(=O)C(C)(CC)OCC(COCC=C)(COCC=C)COC(=O)c2ccc(C(=O)[C@](C)(CC)OCC(COCC=C)(COCC=C)COCC=C)cc2)cc1. The zero-order valence-corrected chi connectivity index (χ0v) is 47.5. The quantitative estimate of drug-likeness (QED) is 0.0264. The molecule has 436 valence electrons. The van der Waals surface area contributed by atoms with Crippen molar-refractivity contribution in [1.82, 2.24) is 0 Å². The Balaban J connectivity index is 2.35. The summed E-state index contributed by atoms with van der Waals surface area (Å²) in [6, 6.07) is 12.2. The lowest BCUT2D eigenvalue weighted by Crippen LogP contribution is -2.47. The largest absolute Gasteiger partial charge is 0.461 e. The number of carbonyl (C=O) groups excluding carboxylic acids is 4. The number of Topliss-reactive ketones (excluding diaryl/α,β-unsaturated/α-hetero) is 2. The topological polar surface area (TPSA) is 179 Å². The van der Waals surface area contributed by atoms with Crippen molar-refractivity contribution in [3.05, 3.63) is 172 Å². The molecule has 0 N–H and O–H groups in total. The fraction of sp³-hybridized carbons (Fsp3) is 0.492. The van der Waals surface area contributed by atoms with Crippen LogP contribution in [0.25, 0.3) is 0 Å². The zero-order chi connectivity index (χ0) is 58.5. The molecule has 16 nitrogen and oxygen atoms in total. The van der Waals surface area contributed by atoms with Gasteiger partial charge >= 0.3 is 11.9 Å². The molecule has 0 radical (unpaired) electrons. The highest BCUT2D eigenvalue weighted by Crippen LogP contribution is 2.31. The van der Waals surface area contributed by atoms with Crippen LogP contribution in [0.3, 0.4) is 0 Å². The number of ketones is 2. The molecule has 0 spiro atoms. The molecule has 2 aromatic rings. The molecule has 0 fully saturated rings. The Labute approximate surface area is 470 Å². The normalized spacial score (nSPS) is 13.2. The van der Waals surface area contributed by atoms with Crippen LogP contribution in [0, 0.1) is 16.2 Å². The van der Waals surface area contributed by atoms with Gasteiger partial charge in [0, 0.05) is 11.1 Å². The number of hydrogen-bond donors (Lipinski definition) is 0. The third kappa shape index (κ3) is 23.9. The summed E-state index contributed by atoms with van der Waals surface area (Å²) >= 11 is 0.